The number of nitrogens with zero attached hydrogens (tertiary/aromatic N) is 1. The Morgan fingerprint density at radius 3 is 2.68 bits per heavy atom. The molecular formula is C18H26N2O2. The minimum atomic E-state index is 0.128. The van der Waals surface area contributed by atoms with Crippen molar-refractivity contribution in [2.75, 3.05) is 18.5 Å². The molecule has 22 heavy (non-hydrogen) atoms. The van der Waals surface area contributed by atoms with Gasteiger partial charge < -0.3 is 10.2 Å². The van der Waals surface area contributed by atoms with Crippen LogP contribution in [0.3, 0.4) is 0 Å². The molecule has 4 nitrogen and oxygen atoms in total. The van der Waals surface area contributed by atoms with Crippen LogP contribution >= 0.6 is 0 Å². The molecule has 0 aromatic heterocycles. The Kier molecular flexibility index (Phi) is 5.58. The Morgan fingerprint density at radius 1 is 1.27 bits per heavy atom. The van der Waals surface area contributed by atoms with Gasteiger partial charge in [-0.1, -0.05) is 26.0 Å². The second-order valence-electron chi connectivity index (χ2n) is 5.97. The third-order valence-corrected chi connectivity index (χ3v) is 4.56. The maximum absolute atomic E-state index is 12.0. The number of carbonyl (C=O) groups is 2. The SMILES string of the molecule is CCC(CC)C(=O)NCCc1ccc2c(c1)CCC(=O)N2C. The molecule has 120 valence electrons. The van der Waals surface area contributed by atoms with Gasteiger partial charge in [0.2, 0.25) is 11.8 Å². The van der Waals surface area contributed by atoms with Gasteiger partial charge in [-0.3, -0.25) is 9.59 Å². The fraction of sp³-hybridized carbons (Fsp3) is 0.556. The highest BCUT2D eigenvalue weighted by atomic mass is 16.2. The molecule has 0 spiro atoms. The minimum Gasteiger partial charge on any atom is -0.356 e. The summed E-state index contributed by atoms with van der Waals surface area (Å²) in [4.78, 5) is 25.4. The number of fused-ring (bicyclic) bond motifs is 1. The fourth-order valence-electron chi connectivity index (χ4n) is 3.00. The molecule has 2 amide bonds. The van der Waals surface area contributed by atoms with E-state index in [1.165, 1.54) is 11.1 Å². The minimum absolute atomic E-state index is 0.128. The van der Waals surface area contributed by atoms with E-state index in [2.05, 4.69) is 31.3 Å². The Labute approximate surface area is 132 Å². The summed E-state index contributed by atoms with van der Waals surface area (Å²) in [7, 11) is 1.83. The second kappa shape index (κ2) is 7.43. The van der Waals surface area contributed by atoms with E-state index in [0.717, 1.165) is 31.4 Å². The van der Waals surface area contributed by atoms with Crippen molar-refractivity contribution in [2.24, 2.45) is 5.92 Å². The molecule has 2 rings (SSSR count). The molecule has 1 aliphatic heterocycles. The van der Waals surface area contributed by atoms with E-state index in [0.29, 0.717) is 13.0 Å². The van der Waals surface area contributed by atoms with Crippen LogP contribution in [-0.2, 0) is 22.4 Å². The van der Waals surface area contributed by atoms with Crippen molar-refractivity contribution in [3.63, 3.8) is 0 Å². The zero-order chi connectivity index (χ0) is 16.1. The summed E-state index contributed by atoms with van der Waals surface area (Å²) in [6, 6.07) is 6.24. The van der Waals surface area contributed by atoms with Gasteiger partial charge in [0.25, 0.3) is 0 Å². The van der Waals surface area contributed by atoms with Crippen LogP contribution < -0.4 is 10.2 Å². The molecule has 1 N–H and O–H groups in total. The highest BCUT2D eigenvalue weighted by molar-refractivity contribution is 5.95. The molecule has 0 fully saturated rings. The van der Waals surface area contributed by atoms with Gasteiger partial charge in [-0.25, -0.2) is 0 Å². The van der Waals surface area contributed by atoms with Crippen LogP contribution in [0.5, 0.6) is 0 Å². The van der Waals surface area contributed by atoms with E-state index >= 15 is 0 Å². The predicted octanol–water partition coefficient (Wildman–Crippen LogP) is 2.69. The lowest BCUT2D eigenvalue weighted by molar-refractivity contribution is -0.125. The standard InChI is InChI=1S/C18H26N2O2/c1-4-14(5-2)18(22)19-11-10-13-6-8-16-15(12-13)7-9-17(21)20(16)3/h6,8,12,14H,4-5,7,9-11H2,1-3H3,(H,19,22). The Balaban J connectivity index is 1.92. The van der Waals surface area contributed by atoms with Gasteiger partial charge in [0.05, 0.1) is 0 Å². The smallest absolute Gasteiger partial charge is 0.227 e. The number of hydrogen-bond acceptors (Lipinski definition) is 2. The first-order chi connectivity index (χ1) is 10.6. The molecule has 0 radical (unpaired) electrons. The molecule has 0 bridgehead atoms. The quantitative estimate of drug-likeness (QED) is 0.878. The van der Waals surface area contributed by atoms with Crippen LogP contribution in [0.1, 0.15) is 44.2 Å². The molecule has 1 heterocycles. The van der Waals surface area contributed by atoms with E-state index in [9.17, 15) is 9.59 Å². The maximum atomic E-state index is 12.0. The van der Waals surface area contributed by atoms with Crippen LogP contribution in [0.15, 0.2) is 18.2 Å². The normalized spacial score (nSPS) is 14.2. The molecule has 0 saturated carbocycles. The van der Waals surface area contributed by atoms with Crippen LogP contribution in [0.25, 0.3) is 0 Å². The first kappa shape index (κ1) is 16.5. The van der Waals surface area contributed by atoms with E-state index < -0.39 is 0 Å². The maximum Gasteiger partial charge on any atom is 0.227 e. The fourth-order valence-corrected chi connectivity index (χ4v) is 3.00. The van der Waals surface area contributed by atoms with Crippen molar-refractivity contribution in [3.8, 4) is 0 Å². The van der Waals surface area contributed by atoms with Crippen molar-refractivity contribution in [2.45, 2.75) is 46.0 Å². The summed E-state index contributed by atoms with van der Waals surface area (Å²) in [6.45, 7) is 4.77. The summed E-state index contributed by atoms with van der Waals surface area (Å²) in [6.07, 6.45) is 4.00. The Bertz CT molecular complexity index is 550. The molecular weight excluding hydrogens is 276 g/mol. The number of aryl methyl sites for hydroxylation is 1. The summed E-state index contributed by atoms with van der Waals surface area (Å²) >= 11 is 0. The second-order valence-corrected chi connectivity index (χ2v) is 5.97. The first-order valence-electron chi connectivity index (χ1n) is 8.22. The van der Waals surface area contributed by atoms with Crippen LogP contribution in [0.4, 0.5) is 5.69 Å². The van der Waals surface area contributed by atoms with Gasteiger partial charge >= 0.3 is 0 Å². The third-order valence-electron chi connectivity index (χ3n) is 4.56. The van der Waals surface area contributed by atoms with Crippen molar-refractivity contribution in [1.82, 2.24) is 5.32 Å². The molecule has 0 atom stereocenters. The largest absolute Gasteiger partial charge is 0.356 e. The summed E-state index contributed by atoms with van der Waals surface area (Å²) in [5.74, 6) is 0.467. The monoisotopic (exact) mass is 302 g/mol. The lowest BCUT2D eigenvalue weighted by atomic mass is 9.98. The first-order valence-corrected chi connectivity index (χ1v) is 8.22. The average Bonchev–Trinajstić information content (AvgIpc) is 2.52. The number of rotatable bonds is 6. The lowest BCUT2D eigenvalue weighted by Gasteiger charge is -2.26. The third kappa shape index (κ3) is 3.67. The zero-order valence-electron chi connectivity index (χ0n) is 13.8. The molecule has 1 aromatic carbocycles. The summed E-state index contributed by atoms with van der Waals surface area (Å²) in [5.41, 5.74) is 3.46. The van der Waals surface area contributed by atoms with Gasteiger partial charge in [-0.05, 0) is 42.9 Å². The lowest BCUT2D eigenvalue weighted by Crippen LogP contribution is -2.32. The van der Waals surface area contributed by atoms with Gasteiger partial charge in [0, 0.05) is 31.6 Å². The van der Waals surface area contributed by atoms with Crippen molar-refractivity contribution >= 4 is 17.5 Å². The van der Waals surface area contributed by atoms with Crippen molar-refractivity contribution in [3.05, 3.63) is 29.3 Å². The van der Waals surface area contributed by atoms with Crippen LogP contribution in [-0.4, -0.2) is 25.4 Å². The predicted molar refractivity (Wildman–Crippen MR) is 89.0 cm³/mol. The number of carbonyl (C=O) groups excluding carboxylic acids is 2. The zero-order valence-corrected chi connectivity index (χ0v) is 13.8. The van der Waals surface area contributed by atoms with Crippen LogP contribution in [0.2, 0.25) is 0 Å². The molecule has 1 aliphatic rings. The van der Waals surface area contributed by atoms with E-state index in [1.54, 1.807) is 4.90 Å². The molecule has 0 unspecified atom stereocenters. The number of benzene rings is 1. The van der Waals surface area contributed by atoms with Gasteiger partial charge in [-0.15, -0.1) is 0 Å². The molecule has 0 aliphatic carbocycles. The molecule has 1 aromatic rings. The number of anilines is 1. The summed E-state index contributed by atoms with van der Waals surface area (Å²) < 4.78 is 0. The van der Waals surface area contributed by atoms with Crippen molar-refractivity contribution < 1.29 is 9.59 Å². The van der Waals surface area contributed by atoms with Crippen molar-refractivity contribution in [1.29, 1.82) is 0 Å². The Morgan fingerprint density at radius 2 is 2.00 bits per heavy atom. The highest BCUT2D eigenvalue weighted by Gasteiger charge is 2.20. The van der Waals surface area contributed by atoms with Gasteiger partial charge in [-0.2, -0.15) is 0 Å². The molecule has 4 heteroatoms. The number of nitrogens with one attached hydrogen (secondary N) is 1. The van der Waals surface area contributed by atoms with E-state index in [4.69, 9.17) is 0 Å². The van der Waals surface area contributed by atoms with E-state index in [-0.39, 0.29) is 17.7 Å². The molecule has 0 saturated heterocycles. The summed E-state index contributed by atoms with van der Waals surface area (Å²) in [5, 5.41) is 3.03. The van der Waals surface area contributed by atoms with Gasteiger partial charge in [0.15, 0.2) is 0 Å². The number of amides is 2. The average molecular weight is 302 g/mol. The number of hydrogen-bond donors (Lipinski definition) is 1. The van der Waals surface area contributed by atoms with Crippen LogP contribution in [0, 0.1) is 5.92 Å². The van der Waals surface area contributed by atoms with Gasteiger partial charge in [0.1, 0.15) is 0 Å². The Hall–Kier alpha value is -1.84. The van der Waals surface area contributed by atoms with E-state index in [1.807, 2.05) is 13.1 Å². The topological polar surface area (TPSA) is 49.4 Å². The highest BCUT2D eigenvalue weighted by Crippen LogP contribution is 2.27.